The van der Waals surface area contributed by atoms with Crippen LogP contribution in [-0.4, -0.2) is 0 Å². The van der Waals surface area contributed by atoms with Crippen LogP contribution < -0.4 is 4.90 Å². The second-order valence-electron chi connectivity index (χ2n) is 35.2. The molecule has 3 heteroatoms. The van der Waals surface area contributed by atoms with Crippen molar-refractivity contribution in [2.75, 3.05) is 4.90 Å². The van der Waals surface area contributed by atoms with Crippen LogP contribution in [-0.2, 0) is 33.5 Å². The normalized spacial score (nSPS) is 15.8. The first kappa shape index (κ1) is 66.8. The second kappa shape index (κ2) is 24.3. The van der Waals surface area contributed by atoms with Gasteiger partial charge in [-0.05, 0) is 231 Å². The Bertz CT molecular complexity index is 6370. The fraction of sp³-hybridized carbons (Fsp3) is 0.264. The predicted octanol–water partition coefficient (Wildman–Crippen LogP) is 30.5. The van der Waals surface area contributed by atoms with Gasteiger partial charge >= 0.3 is 0 Å². The van der Waals surface area contributed by atoms with Crippen molar-refractivity contribution in [1.82, 2.24) is 0 Å². The second-order valence-corrected chi connectivity index (χ2v) is 36.2. The molecule has 0 radical (unpaired) electrons. The summed E-state index contributed by atoms with van der Waals surface area (Å²) in [5.41, 5.74) is 42.9. The Morgan fingerprint density at radius 2 is 0.844 bits per heavy atom. The van der Waals surface area contributed by atoms with Crippen molar-refractivity contribution in [3.05, 3.63) is 303 Å². The smallest absolute Gasteiger partial charge is 0.144 e. The average Bonchev–Trinajstić information content (AvgIpc) is 1.50. The van der Waals surface area contributed by atoms with E-state index < -0.39 is 0 Å². The lowest BCUT2D eigenvalue weighted by molar-refractivity contribution is 0.399. The van der Waals surface area contributed by atoms with Gasteiger partial charge in [-0.1, -0.05) is 303 Å². The molecule has 2 nitrogen and oxygen atoms in total. The van der Waals surface area contributed by atoms with Gasteiger partial charge < -0.3 is 9.32 Å². The molecule has 536 valence electrons. The summed E-state index contributed by atoms with van der Waals surface area (Å²) in [5, 5.41) is 5.13. The summed E-state index contributed by atoms with van der Waals surface area (Å²) in [6.45, 7) is 24.3. The average molecular weight is 1430 g/mol. The van der Waals surface area contributed by atoms with E-state index in [2.05, 4.69) is 311 Å². The van der Waals surface area contributed by atoms with Gasteiger partial charge in [0, 0.05) is 80.5 Å². The van der Waals surface area contributed by atoms with E-state index in [-0.39, 0.29) is 27.1 Å². The van der Waals surface area contributed by atoms with E-state index in [1.165, 1.54) is 264 Å². The molecule has 0 atom stereocenters. The third-order valence-electron chi connectivity index (χ3n) is 27.7. The Labute approximate surface area is 647 Å². The maximum absolute atomic E-state index is 7.13. The minimum Gasteiger partial charge on any atom is -0.455 e. The molecule has 13 aromatic carbocycles. The van der Waals surface area contributed by atoms with E-state index in [0.29, 0.717) is 0 Å². The van der Waals surface area contributed by atoms with Gasteiger partial charge in [-0.3, -0.25) is 0 Å². The van der Waals surface area contributed by atoms with Crippen molar-refractivity contribution in [1.29, 1.82) is 0 Å². The molecular formula is C106H95NOS. The van der Waals surface area contributed by atoms with Crippen LogP contribution in [0.3, 0.4) is 0 Å². The zero-order valence-corrected chi connectivity index (χ0v) is 65.8. The summed E-state index contributed by atoms with van der Waals surface area (Å²) in [5.74, 6) is 0. The first-order valence-corrected chi connectivity index (χ1v) is 41.8. The van der Waals surface area contributed by atoms with E-state index in [1.807, 2.05) is 11.3 Å². The summed E-state index contributed by atoms with van der Waals surface area (Å²) >= 11 is 1.97. The van der Waals surface area contributed by atoms with E-state index in [1.54, 1.807) is 11.1 Å². The summed E-state index contributed by atoms with van der Waals surface area (Å²) in [6, 6.07) is 92.9. The molecular weight excluding hydrogens is 1340 g/mol. The van der Waals surface area contributed by atoms with Crippen LogP contribution in [0.15, 0.2) is 241 Å². The largest absolute Gasteiger partial charge is 0.455 e. The highest BCUT2D eigenvalue weighted by molar-refractivity contribution is 7.26. The first-order chi connectivity index (χ1) is 53.0. The predicted molar refractivity (Wildman–Crippen MR) is 464 cm³/mol. The first-order valence-electron chi connectivity index (χ1n) is 41.0. The molecule has 2 aromatic heterocycles. The molecule has 0 bridgehead atoms. The Hall–Kier alpha value is -10.3. The quantitative estimate of drug-likeness (QED) is 0.0845. The van der Waals surface area contributed by atoms with Gasteiger partial charge in [-0.25, -0.2) is 0 Å². The number of nitrogens with zero attached hydrogens (tertiary/aromatic N) is 1. The van der Waals surface area contributed by atoms with Crippen LogP contribution in [0.1, 0.15) is 213 Å². The highest BCUT2D eigenvalue weighted by atomic mass is 32.1. The number of hydrogen-bond acceptors (Lipinski definition) is 3. The molecule has 2 heterocycles. The third-order valence-corrected chi connectivity index (χ3v) is 28.9. The molecule has 0 amide bonds. The number of unbranched alkanes of at least 4 members (excludes halogenated alkanes) is 8. The number of thiophene rings is 1. The molecule has 0 fully saturated rings. The third kappa shape index (κ3) is 9.45. The number of rotatable bonds is 17. The lowest BCUT2D eigenvalue weighted by Crippen LogP contribution is -2.25. The van der Waals surface area contributed by atoms with Crippen molar-refractivity contribution in [3.63, 3.8) is 0 Å². The molecule has 0 saturated carbocycles. The van der Waals surface area contributed by atoms with Gasteiger partial charge in [-0.15, -0.1) is 11.3 Å². The molecule has 6 aliphatic carbocycles. The fourth-order valence-corrected chi connectivity index (χ4v) is 23.6. The Kier molecular flexibility index (Phi) is 14.9. The molecule has 0 saturated heterocycles. The van der Waals surface area contributed by atoms with Crippen LogP contribution in [0.4, 0.5) is 17.1 Å². The van der Waals surface area contributed by atoms with Crippen molar-refractivity contribution in [3.8, 4) is 89.0 Å². The van der Waals surface area contributed by atoms with Crippen LogP contribution >= 0.6 is 11.3 Å². The van der Waals surface area contributed by atoms with Crippen LogP contribution in [0.2, 0.25) is 0 Å². The number of anilines is 3. The fourth-order valence-electron chi connectivity index (χ4n) is 22.4. The molecule has 15 aromatic rings. The zero-order chi connectivity index (χ0) is 73.8. The van der Waals surface area contributed by atoms with Crippen molar-refractivity contribution in [2.45, 2.75) is 180 Å². The lowest BCUT2D eigenvalue weighted by Gasteiger charge is -2.33. The van der Waals surface area contributed by atoms with Crippen LogP contribution in [0, 0.1) is 0 Å². The van der Waals surface area contributed by atoms with Gasteiger partial charge in [0.15, 0.2) is 0 Å². The van der Waals surface area contributed by atoms with E-state index in [0.717, 1.165) is 23.3 Å². The van der Waals surface area contributed by atoms with Crippen molar-refractivity contribution >= 4 is 70.5 Å². The molecule has 0 spiro atoms. The SMILES string of the molecule is CCCCCCCC1(CCCCCCC)c2ccccc2-c2ccc(-c3ccc4c(c3)C(C)(C)c3cc(-c5cc6c(c7c5sc5ccccc57)-c5ccc(N(c7ccc8c(c7)C(C)(C)c7c9c(c%10oc%11ccccc%11c%10c7-8)-c7ccccc7C9(C)C)c7cccc8c7-c7ccccc7C8(C)C)cc5C6)ccc3-4)cc21. The minimum absolute atomic E-state index is 0.0392. The highest BCUT2D eigenvalue weighted by Gasteiger charge is 2.50. The van der Waals surface area contributed by atoms with Gasteiger partial charge in [0.05, 0.1) is 5.69 Å². The monoisotopic (exact) mass is 1430 g/mol. The summed E-state index contributed by atoms with van der Waals surface area (Å²) in [7, 11) is 0. The Morgan fingerprint density at radius 3 is 1.56 bits per heavy atom. The van der Waals surface area contributed by atoms with Crippen molar-refractivity contribution in [2.24, 2.45) is 0 Å². The number of benzene rings is 13. The minimum atomic E-state index is -0.366. The van der Waals surface area contributed by atoms with Gasteiger partial charge in [0.1, 0.15) is 11.2 Å². The summed E-state index contributed by atoms with van der Waals surface area (Å²) < 4.78 is 9.83. The molecule has 21 rings (SSSR count). The Balaban J connectivity index is 0.671. The molecule has 6 aliphatic rings. The zero-order valence-electron chi connectivity index (χ0n) is 65.0. The molecule has 109 heavy (non-hydrogen) atoms. The van der Waals surface area contributed by atoms with E-state index in [4.69, 9.17) is 4.42 Å². The maximum Gasteiger partial charge on any atom is 0.144 e. The van der Waals surface area contributed by atoms with Crippen LogP contribution in [0.25, 0.3) is 131 Å². The molecule has 0 unspecified atom stereocenters. The summed E-state index contributed by atoms with van der Waals surface area (Å²) in [6.07, 6.45) is 16.3. The van der Waals surface area contributed by atoms with Crippen molar-refractivity contribution < 1.29 is 4.42 Å². The number of para-hydroxylation sites is 1. The molecule has 0 N–H and O–H groups in total. The van der Waals surface area contributed by atoms with Gasteiger partial charge in [0.25, 0.3) is 0 Å². The van der Waals surface area contributed by atoms with Gasteiger partial charge in [0.2, 0.25) is 0 Å². The van der Waals surface area contributed by atoms with E-state index >= 15 is 0 Å². The number of hydrogen-bond donors (Lipinski definition) is 0. The summed E-state index contributed by atoms with van der Waals surface area (Å²) in [4.78, 5) is 2.63. The number of furan rings is 1. The van der Waals surface area contributed by atoms with Gasteiger partial charge in [-0.2, -0.15) is 0 Å². The topological polar surface area (TPSA) is 16.4 Å². The number of fused-ring (bicyclic) bond motifs is 28. The Morgan fingerprint density at radius 1 is 0.339 bits per heavy atom. The maximum atomic E-state index is 7.13. The highest BCUT2D eigenvalue weighted by Crippen LogP contribution is 2.66. The van der Waals surface area contributed by atoms with Crippen LogP contribution in [0.5, 0.6) is 0 Å². The molecule has 0 aliphatic heterocycles. The lowest BCUT2D eigenvalue weighted by atomic mass is 9.70. The van der Waals surface area contributed by atoms with E-state index in [9.17, 15) is 0 Å². The standard InChI is InChI=1S/C106H95NOS/c1-11-13-15-17-29-54-106(55-30-18-16-14-12-2)83-39-26-19-32-71(83)74-50-45-64(60-88(74)106)63-44-49-72-73-51-46-65(61-86(73)103(5,6)85(72)59-63)80-58-67-56-66-57-68(47-52-70(66)92(67)96-79-36-23-28-43-91(79)109-101(80)96)107(89-41-31-40-84-93(89)75-33-20-24-37-81(75)102(84,3)4)69-48-53-77-87(62-69)105(9,10)98-94(77)95-78-35-22-27-42-90(78)108-100(95)97-76-34-21-25-38-82(76)104(7,8)99(97)98/h19-28,31-53,57-62H,11-18,29-30,54-56H2,1-10H3.